The third-order valence-corrected chi connectivity index (χ3v) is 3.93. The molecule has 3 heterocycles. The summed E-state index contributed by atoms with van der Waals surface area (Å²) < 4.78 is 0. The zero-order chi connectivity index (χ0) is 14.7. The third kappa shape index (κ3) is 3.54. The van der Waals surface area contributed by atoms with Crippen molar-refractivity contribution in [1.29, 1.82) is 0 Å². The van der Waals surface area contributed by atoms with Crippen LogP contribution in [0.25, 0.3) is 0 Å². The maximum Gasteiger partial charge on any atom is 0.147 e. The largest absolute Gasteiger partial charge is 0.365 e. The molecule has 1 atom stereocenters. The molecule has 0 amide bonds. The lowest BCUT2D eigenvalue weighted by molar-refractivity contribution is 0.525. The van der Waals surface area contributed by atoms with Gasteiger partial charge in [-0.2, -0.15) is 0 Å². The van der Waals surface area contributed by atoms with Gasteiger partial charge in [-0.3, -0.25) is 0 Å². The van der Waals surface area contributed by atoms with Crippen LogP contribution in [0.5, 0.6) is 0 Å². The molecule has 2 aromatic rings. The number of rotatable bonds is 3. The molecule has 0 spiro atoms. The number of pyridine rings is 1. The maximum absolute atomic E-state index is 6.24. The first-order valence-corrected chi connectivity index (χ1v) is 7.56. The van der Waals surface area contributed by atoms with E-state index in [1.807, 2.05) is 6.07 Å². The number of piperidine rings is 1. The van der Waals surface area contributed by atoms with E-state index in [4.69, 9.17) is 23.2 Å². The molecule has 7 heteroatoms. The molecular formula is C14H15Cl2N5. The molecule has 1 N–H and O–H groups in total. The molecule has 21 heavy (non-hydrogen) atoms. The van der Waals surface area contributed by atoms with Crippen LogP contribution < -0.4 is 10.2 Å². The normalized spacial score (nSPS) is 18.6. The van der Waals surface area contributed by atoms with E-state index in [9.17, 15) is 0 Å². The minimum Gasteiger partial charge on any atom is -0.365 e. The van der Waals surface area contributed by atoms with Crippen molar-refractivity contribution in [2.24, 2.45) is 0 Å². The van der Waals surface area contributed by atoms with Crippen LogP contribution in [0.15, 0.2) is 30.9 Å². The van der Waals surface area contributed by atoms with Gasteiger partial charge in [0.2, 0.25) is 0 Å². The summed E-state index contributed by atoms with van der Waals surface area (Å²) >= 11 is 12.1. The molecule has 5 nitrogen and oxygen atoms in total. The molecule has 3 rings (SSSR count). The Morgan fingerprint density at radius 2 is 2.19 bits per heavy atom. The number of nitrogens with zero attached hydrogens (tertiary/aromatic N) is 4. The van der Waals surface area contributed by atoms with E-state index < -0.39 is 0 Å². The van der Waals surface area contributed by atoms with Gasteiger partial charge < -0.3 is 10.2 Å². The molecular weight excluding hydrogens is 309 g/mol. The van der Waals surface area contributed by atoms with E-state index in [0.29, 0.717) is 16.1 Å². The number of hydrogen-bond acceptors (Lipinski definition) is 5. The predicted octanol–water partition coefficient (Wildman–Crippen LogP) is 3.26. The summed E-state index contributed by atoms with van der Waals surface area (Å²) in [6.07, 6.45) is 7.06. The van der Waals surface area contributed by atoms with Crippen LogP contribution in [0.4, 0.5) is 11.6 Å². The van der Waals surface area contributed by atoms with Crippen molar-refractivity contribution >= 4 is 34.8 Å². The van der Waals surface area contributed by atoms with Crippen LogP contribution in [-0.4, -0.2) is 34.1 Å². The number of hydrogen-bond donors (Lipinski definition) is 1. The number of nitrogens with one attached hydrogen (secondary N) is 1. The van der Waals surface area contributed by atoms with Crippen molar-refractivity contribution < 1.29 is 0 Å². The van der Waals surface area contributed by atoms with Crippen LogP contribution in [0.3, 0.4) is 0 Å². The Labute approximate surface area is 133 Å². The molecule has 1 saturated heterocycles. The minimum absolute atomic E-state index is 0.308. The monoisotopic (exact) mass is 323 g/mol. The number of anilines is 2. The highest BCUT2D eigenvalue weighted by molar-refractivity contribution is 6.36. The van der Waals surface area contributed by atoms with Gasteiger partial charge in [-0.15, -0.1) is 0 Å². The molecule has 110 valence electrons. The van der Waals surface area contributed by atoms with Crippen molar-refractivity contribution in [3.8, 4) is 0 Å². The summed E-state index contributed by atoms with van der Waals surface area (Å²) in [6, 6.07) is 3.90. The van der Waals surface area contributed by atoms with E-state index in [2.05, 4.69) is 25.2 Å². The average molecular weight is 324 g/mol. The fourth-order valence-electron chi connectivity index (χ4n) is 2.51. The van der Waals surface area contributed by atoms with Crippen LogP contribution in [0.2, 0.25) is 10.0 Å². The molecule has 1 fully saturated rings. The van der Waals surface area contributed by atoms with Gasteiger partial charge in [-0.05, 0) is 25.0 Å². The van der Waals surface area contributed by atoms with Crippen LogP contribution in [0.1, 0.15) is 12.8 Å². The Hall–Kier alpha value is -1.59. The summed E-state index contributed by atoms with van der Waals surface area (Å²) in [5.74, 6) is 1.63. The highest BCUT2D eigenvalue weighted by Gasteiger charge is 2.22. The second-order valence-electron chi connectivity index (χ2n) is 4.98. The first-order valence-electron chi connectivity index (χ1n) is 6.81. The lowest BCUT2D eigenvalue weighted by Gasteiger charge is -2.34. The summed E-state index contributed by atoms with van der Waals surface area (Å²) in [5.41, 5.74) is 0. The number of halogens is 2. The van der Waals surface area contributed by atoms with Gasteiger partial charge in [0.1, 0.15) is 18.0 Å². The smallest absolute Gasteiger partial charge is 0.147 e. The van der Waals surface area contributed by atoms with Crippen molar-refractivity contribution in [3.05, 3.63) is 40.9 Å². The Kier molecular flexibility index (Phi) is 4.41. The van der Waals surface area contributed by atoms with Gasteiger partial charge in [-0.25, -0.2) is 15.0 Å². The quantitative estimate of drug-likeness (QED) is 0.939. The highest BCUT2D eigenvalue weighted by Crippen LogP contribution is 2.28. The summed E-state index contributed by atoms with van der Waals surface area (Å²) in [4.78, 5) is 14.7. The minimum atomic E-state index is 0.308. The predicted molar refractivity (Wildman–Crippen MR) is 85.1 cm³/mol. The maximum atomic E-state index is 6.24. The van der Waals surface area contributed by atoms with Crippen LogP contribution in [-0.2, 0) is 0 Å². The lowest BCUT2D eigenvalue weighted by Crippen LogP contribution is -2.42. The molecule has 0 saturated carbocycles. The van der Waals surface area contributed by atoms with Gasteiger partial charge in [-0.1, -0.05) is 23.2 Å². The standard InChI is InChI=1S/C14H15Cl2N5/c15-10-6-12(16)14(18-7-10)21-5-1-2-11(8-21)20-13-3-4-17-9-19-13/h3-4,6-7,9,11H,1-2,5,8H2,(H,17,19,20). The molecule has 0 radical (unpaired) electrons. The summed E-state index contributed by atoms with van der Waals surface area (Å²) in [6.45, 7) is 1.77. The molecule has 1 aliphatic rings. The van der Waals surface area contributed by atoms with E-state index in [1.54, 1.807) is 24.8 Å². The average Bonchev–Trinajstić information content (AvgIpc) is 2.48. The second kappa shape index (κ2) is 6.45. The van der Waals surface area contributed by atoms with Gasteiger partial charge >= 0.3 is 0 Å². The molecule has 0 aliphatic carbocycles. The molecule has 1 unspecified atom stereocenters. The fourth-order valence-corrected chi connectivity index (χ4v) is 3.01. The van der Waals surface area contributed by atoms with Crippen molar-refractivity contribution in [3.63, 3.8) is 0 Å². The SMILES string of the molecule is Clc1cnc(N2CCCC(Nc3ccncn3)C2)c(Cl)c1. The van der Waals surface area contributed by atoms with Crippen LogP contribution >= 0.6 is 23.2 Å². The van der Waals surface area contributed by atoms with Crippen molar-refractivity contribution in [2.45, 2.75) is 18.9 Å². The van der Waals surface area contributed by atoms with E-state index in [-0.39, 0.29) is 0 Å². The molecule has 1 aliphatic heterocycles. The Morgan fingerprint density at radius 3 is 2.95 bits per heavy atom. The second-order valence-corrected chi connectivity index (χ2v) is 5.83. The summed E-state index contributed by atoms with van der Waals surface area (Å²) in [5, 5.41) is 4.56. The highest BCUT2D eigenvalue weighted by atomic mass is 35.5. The van der Waals surface area contributed by atoms with Crippen LogP contribution in [0, 0.1) is 0 Å². The Balaban J connectivity index is 1.71. The van der Waals surface area contributed by atoms with Gasteiger partial charge in [0.25, 0.3) is 0 Å². The number of aromatic nitrogens is 3. The van der Waals surface area contributed by atoms with E-state index in [1.165, 1.54) is 0 Å². The van der Waals surface area contributed by atoms with Gasteiger partial charge in [0, 0.05) is 31.5 Å². The third-order valence-electron chi connectivity index (χ3n) is 3.44. The van der Waals surface area contributed by atoms with Crippen molar-refractivity contribution in [1.82, 2.24) is 15.0 Å². The first-order chi connectivity index (χ1) is 10.2. The zero-order valence-corrected chi connectivity index (χ0v) is 12.8. The fraction of sp³-hybridized carbons (Fsp3) is 0.357. The Morgan fingerprint density at radius 1 is 1.29 bits per heavy atom. The van der Waals surface area contributed by atoms with Gasteiger partial charge in [0.05, 0.1) is 10.0 Å². The van der Waals surface area contributed by atoms with Crippen molar-refractivity contribution in [2.75, 3.05) is 23.3 Å². The summed E-state index contributed by atoms with van der Waals surface area (Å²) in [7, 11) is 0. The van der Waals surface area contributed by atoms with E-state index in [0.717, 1.165) is 37.6 Å². The Bertz CT molecular complexity index is 608. The molecule has 0 aromatic carbocycles. The first kappa shape index (κ1) is 14.4. The zero-order valence-electron chi connectivity index (χ0n) is 11.3. The molecule has 2 aromatic heterocycles. The lowest BCUT2D eigenvalue weighted by atomic mass is 10.1. The topological polar surface area (TPSA) is 53.9 Å². The van der Waals surface area contributed by atoms with E-state index >= 15 is 0 Å². The molecule has 0 bridgehead atoms. The van der Waals surface area contributed by atoms with Gasteiger partial charge in [0.15, 0.2) is 0 Å².